The van der Waals surface area contributed by atoms with E-state index in [9.17, 15) is 9.50 Å². The van der Waals surface area contributed by atoms with Gasteiger partial charge in [0.05, 0.1) is 24.9 Å². The topological polar surface area (TPSA) is 96.3 Å². The number of fused-ring (bicyclic) bond motifs is 2. The third-order valence-corrected chi connectivity index (χ3v) is 7.24. The normalized spacial score (nSPS) is 25.8. The van der Waals surface area contributed by atoms with Gasteiger partial charge in [-0.05, 0) is 56.4 Å². The van der Waals surface area contributed by atoms with E-state index in [0.29, 0.717) is 35.0 Å². The van der Waals surface area contributed by atoms with Gasteiger partial charge >= 0.3 is 0 Å². The lowest BCUT2D eigenvalue weighted by Crippen LogP contribution is -2.68. The molecule has 0 saturated carbocycles. The number of piperidine rings is 2. The molecule has 2 aliphatic heterocycles. The fourth-order valence-corrected chi connectivity index (χ4v) is 5.27. The van der Waals surface area contributed by atoms with E-state index in [2.05, 4.69) is 25.5 Å². The van der Waals surface area contributed by atoms with Crippen LogP contribution in [0.1, 0.15) is 32.6 Å². The minimum Gasteiger partial charge on any atom is -0.507 e. The molecule has 2 saturated heterocycles. The quantitative estimate of drug-likeness (QED) is 0.565. The molecule has 2 fully saturated rings. The molecular weight excluding hydrogens is 454 g/mol. The Kier molecular flexibility index (Phi) is 6.00. The number of phenols is 1. The van der Waals surface area contributed by atoms with E-state index in [1.165, 1.54) is 25.4 Å². The van der Waals surface area contributed by atoms with Crippen molar-refractivity contribution in [3.63, 3.8) is 0 Å². The number of anilines is 1. The molecule has 35 heavy (non-hydrogen) atoms. The number of halogens is 2. The van der Waals surface area contributed by atoms with Crippen LogP contribution in [-0.4, -0.2) is 63.2 Å². The number of aromatic hydroxyl groups is 1. The van der Waals surface area contributed by atoms with Crippen LogP contribution in [0, 0.1) is 5.82 Å². The van der Waals surface area contributed by atoms with Crippen LogP contribution in [-0.2, 0) is 0 Å². The van der Waals surface area contributed by atoms with E-state index in [4.69, 9.17) is 4.74 Å². The number of hydrogen-bond acceptors (Lipinski definition) is 8. The summed E-state index contributed by atoms with van der Waals surface area (Å²) in [7, 11) is 3.16. The summed E-state index contributed by atoms with van der Waals surface area (Å²) in [6.07, 6.45) is 5.56. The molecule has 0 amide bonds. The molecule has 4 atom stereocenters. The highest BCUT2D eigenvalue weighted by Gasteiger charge is 2.49. The van der Waals surface area contributed by atoms with Crippen molar-refractivity contribution >= 4 is 5.82 Å². The zero-order valence-corrected chi connectivity index (χ0v) is 19.9. The van der Waals surface area contributed by atoms with Gasteiger partial charge in [0.2, 0.25) is 5.88 Å². The molecule has 8 nitrogen and oxygen atoms in total. The highest BCUT2D eigenvalue weighted by atomic mass is 19.1. The van der Waals surface area contributed by atoms with Crippen molar-refractivity contribution in [3.8, 4) is 34.1 Å². The van der Waals surface area contributed by atoms with Gasteiger partial charge in [-0.2, -0.15) is 0 Å². The average Bonchev–Trinajstić information content (AvgIpc) is 2.86. The molecule has 2 N–H and O–H groups in total. The number of aromatic nitrogens is 4. The van der Waals surface area contributed by atoms with Crippen LogP contribution in [0.4, 0.5) is 14.6 Å². The Labute approximate surface area is 202 Å². The largest absolute Gasteiger partial charge is 0.507 e. The number of pyridine rings is 1. The van der Waals surface area contributed by atoms with Crippen LogP contribution in [0.2, 0.25) is 0 Å². The number of phenolic OH excluding ortho intramolecular Hbond substituents is 1. The lowest BCUT2D eigenvalue weighted by Gasteiger charge is -2.52. The third kappa shape index (κ3) is 4.27. The van der Waals surface area contributed by atoms with Crippen molar-refractivity contribution in [2.75, 3.05) is 19.1 Å². The molecule has 10 heteroatoms. The molecule has 2 aromatic heterocycles. The Morgan fingerprint density at radius 1 is 1.17 bits per heavy atom. The van der Waals surface area contributed by atoms with Crippen LogP contribution < -0.4 is 15.0 Å². The molecule has 0 spiro atoms. The predicted octanol–water partition coefficient (Wildman–Crippen LogP) is 3.90. The summed E-state index contributed by atoms with van der Waals surface area (Å²) in [5.74, 6) is -0.0655. The number of methoxy groups -OCH3 is 1. The molecule has 0 radical (unpaired) electrons. The van der Waals surface area contributed by atoms with Gasteiger partial charge in [-0.1, -0.05) is 6.07 Å². The highest BCUT2D eigenvalue weighted by Crippen LogP contribution is 2.38. The standard InChI is InChI=1S/C25H28F2N6O2/c1-25-8-4-5-16(30-25)11-19(22(25)27)33(2)21-13-28-23(32-31-21)17-7-6-14(10-20(17)34)15-9-18(26)24(35-3)29-12-15/h6-7,9-10,12-13,16,19,22,30,34H,4-5,8,11H2,1-3H3/t16-,19+,22+,25-/m0/s1. The highest BCUT2D eigenvalue weighted by molar-refractivity contribution is 5.72. The zero-order chi connectivity index (χ0) is 24.7. The number of benzene rings is 1. The first kappa shape index (κ1) is 23.3. The first-order valence-electron chi connectivity index (χ1n) is 11.7. The van der Waals surface area contributed by atoms with E-state index in [1.807, 2.05) is 18.9 Å². The Balaban J connectivity index is 1.35. The Hall–Kier alpha value is -3.40. The van der Waals surface area contributed by atoms with Gasteiger partial charge in [-0.25, -0.2) is 18.7 Å². The summed E-state index contributed by atoms with van der Waals surface area (Å²) < 4.78 is 34.3. The van der Waals surface area contributed by atoms with E-state index in [-0.39, 0.29) is 23.5 Å². The minimum atomic E-state index is -1.04. The molecule has 3 aromatic rings. The van der Waals surface area contributed by atoms with E-state index in [0.717, 1.165) is 19.3 Å². The van der Waals surface area contributed by atoms with Gasteiger partial charge in [0.1, 0.15) is 11.9 Å². The third-order valence-electron chi connectivity index (χ3n) is 7.24. The molecule has 4 heterocycles. The number of nitrogens with zero attached hydrogens (tertiary/aromatic N) is 5. The minimum absolute atomic E-state index is 0.0791. The van der Waals surface area contributed by atoms with Crippen molar-refractivity contribution in [3.05, 3.63) is 42.5 Å². The number of ether oxygens (including phenoxy) is 1. The number of nitrogens with one attached hydrogen (secondary N) is 1. The molecule has 5 rings (SSSR count). The molecule has 184 valence electrons. The van der Waals surface area contributed by atoms with Crippen molar-refractivity contribution in [1.82, 2.24) is 25.5 Å². The van der Waals surface area contributed by atoms with Crippen molar-refractivity contribution < 1.29 is 18.6 Å². The molecule has 0 unspecified atom stereocenters. The molecule has 1 aromatic carbocycles. The maximum Gasteiger partial charge on any atom is 0.250 e. The van der Waals surface area contributed by atoms with Gasteiger partial charge in [0, 0.05) is 30.4 Å². The zero-order valence-electron chi connectivity index (χ0n) is 19.9. The van der Waals surface area contributed by atoms with E-state index in [1.54, 1.807) is 18.3 Å². The summed E-state index contributed by atoms with van der Waals surface area (Å²) >= 11 is 0. The summed E-state index contributed by atoms with van der Waals surface area (Å²) in [5, 5.41) is 22.5. The van der Waals surface area contributed by atoms with E-state index >= 15 is 4.39 Å². The van der Waals surface area contributed by atoms with Gasteiger partial charge in [0.15, 0.2) is 17.5 Å². The first-order chi connectivity index (χ1) is 16.8. The summed E-state index contributed by atoms with van der Waals surface area (Å²) in [4.78, 5) is 10.1. The van der Waals surface area contributed by atoms with Gasteiger partial charge in [-0.3, -0.25) is 0 Å². The number of hydrogen-bond donors (Lipinski definition) is 2. The van der Waals surface area contributed by atoms with Crippen LogP contribution in [0.25, 0.3) is 22.5 Å². The molecule has 2 aliphatic rings. The number of rotatable bonds is 5. The van der Waals surface area contributed by atoms with Crippen LogP contribution in [0.15, 0.2) is 36.7 Å². The molecule has 2 bridgehead atoms. The second kappa shape index (κ2) is 8.99. The van der Waals surface area contributed by atoms with Crippen LogP contribution in [0.3, 0.4) is 0 Å². The molecular formula is C25H28F2N6O2. The Bertz CT molecular complexity index is 1230. The van der Waals surface area contributed by atoms with Gasteiger partial charge < -0.3 is 20.1 Å². The summed E-state index contributed by atoms with van der Waals surface area (Å²) in [5.41, 5.74) is 0.909. The fraction of sp³-hybridized carbons (Fsp3) is 0.440. The smallest absolute Gasteiger partial charge is 0.250 e. The number of alkyl halides is 1. The maximum atomic E-state index is 15.4. The molecule has 0 aliphatic carbocycles. The van der Waals surface area contributed by atoms with E-state index < -0.39 is 17.5 Å². The van der Waals surface area contributed by atoms with Gasteiger partial charge in [0.25, 0.3) is 0 Å². The Morgan fingerprint density at radius 3 is 2.69 bits per heavy atom. The maximum absolute atomic E-state index is 15.4. The second-order valence-electron chi connectivity index (χ2n) is 9.55. The fourth-order valence-electron chi connectivity index (χ4n) is 5.27. The predicted molar refractivity (Wildman–Crippen MR) is 128 cm³/mol. The average molecular weight is 483 g/mol. The summed E-state index contributed by atoms with van der Waals surface area (Å²) in [6, 6.07) is 6.10. The van der Waals surface area contributed by atoms with Crippen LogP contribution in [0.5, 0.6) is 11.6 Å². The monoisotopic (exact) mass is 482 g/mol. The summed E-state index contributed by atoms with van der Waals surface area (Å²) in [6.45, 7) is 1.96. The SMILES string of the molecule is COc1ncc(-c2ccc(-c3ncc(N(C)[C@@H]4C[C@@H]5CCC[C@](C)(N5)[C@@H]4F)nn3)c(O)c2)cc1F. The second-order valence-corrected chi connectivity index (χ2v) is 9.55. The van der Waals surface area contributed by atoms with Crippen LogP contribution >= 0.6 is 0 Å². The first-order valence-corrected chi connectivity index (χ1v) is 11.7. The Morgan fingerprint density at radius 2 is 2.00 bits per heavy atom. The lowest BCUT2D eigenvalue weighted by molar-refractivity contribution is 0.0405. The van der Waals surface area contributed by atoms with Crippen molar-refractivity contribution in [2.45, 2.75) is 56.4 Å². The lowest BCUT2D eigenvalue weighted by atomic mass is 9.73. The van der Waals surface area contributed by atoms with Crippen molar-refractivity contribution in [1.29, 1.82) is 0 Å². The van der Waals surface area contributed by atoms with Gasteiger partial charge in [-0.15, -0.1) is 10.2 Å². The van der Waals surface area contributed by atoms with Crippen molar-refractivity contribution in [2.24, 2.45) is 0 Å².